The van der Waals surface area contributed by atoms with Gasteiger partial charge in [-0.25, -0.2) is 4.39 Å². The summed E-state index contributed by atoms with van der Waals surface area (Å²) >= 11 is 0. The molecule has 2 aromatic rings. The summed E-state index contributed by atoms with van der Waals surface area (Å²) in [4.78, 5) is 19.3. The quantitative estimate of drug-likeness (QED) is 0.805. The van der Waals surface area contributed by atoms with Gasteiger partial charge in [0.1, 0.15) is 5.82 Å². The molecular formula is C20H26FN5O. The van der Waals surface area contributed by atoms with Crippen LogP contribution in [0.3, 0.4) is 0 Å². The number of anilines is 1. The molecule has 4 rings (SSSR count). The Morgan fingerprint density at radius 1 is 1.11 bits per heavy atom. The Morgan fingerprint density at radius 2 is 1.89 bits per heavy atom. The zero-order valence-electron chi connectivity index (χ0n) is 15.5. The van der Waals surface area contributed by atoms with Crippen LogP contribution in [-0.4, -0.2) is 70.8 Å². The van der Waals surface area contributed by atoms with Crippen molar-refractivity contribution in [1.82, 2.24) is 19.6 Å². The number of rotatable bonds is 5. The summed E-state index contributed by atoms with van der Waals surface area (Å²) in [7, 11) is 0. The number of piperazine rings is 1. The van der Waals surface area contributed by atoms with E-state index in [1.807, 2.05) is 21.8 Å². The highest BCUT2D eigenvalue weighted by Gasteiger charge is 2.29. The molecule has 7 heteroatoms. The lowest BCUT2D eigenvalue weighted by atomic mass is 10.2. The Bertz CT molecular complexity index is 740. The first-order valence-corrected chi connectivity index (χ1v) is 9.69. The van der Waals surface area contributed by atoms with Crippen molar-refractivity contribution in [2.45, 2.75) is 25.4 Å². The van der Waals surface area contributed by atoms with Crippen molar-refractivity contribution >= 4 is 11.6 Å². The van der Waals surface area contributed by atoms with Gasteiger partial charge in [0.25, 0.3) is 0 Å². The molecule has 0 spiro atoms. The van der Waals surface area contributed by atoms with Crippen molar-refractivity contribution in [2.75, 3.05) is 44.2 Å². The molecule has 1 aromatic carbocycles. The number of likely N-dealkylation sites (tertiary alicyclic amines) is 1. The standard InChI is InChI=1S/C20H26FN5O/c21-17-4-6-18(7-5-17)23-11-13-24(14-12-23)20(27)16-25-9-1-3-19(25)15-26-10-2-8-22-26/h2,4-8,10,19H,1,3,9,11-16H2/t19-/m0/s1. The van der Waals surface area contributed by atoms with Crippen LogP contribution in [0.2, 0.25) is 0 Å². The lowest BCUT2D eigenvalue weighted by Gasteiger charge is -2.37. The molecule has 2 aliphatic heterocycles. The zero-order valence-corrected chi connectivity index (χ0v) is 15.5. The van der Waals surface area contributed by atoms with Crippen LogP contribution in [0.4, 0.5) is 10.1 Å². The number of halogens is 1. The summed E-state index contributed by atoms with van der Waals surface area (Å²) in [5.41, 5.74) is 1.02. The van der Waals surface area contributed by atoms with Crippen molar-refractivity contribution in [3.8, 4) is 0 Å². The lowest BCUT2D eigenvalue weighted by molar-refractivity contribution is -0.133. The van der Waals surface area contributed by atoms with E-state index in [1.54, 1.807) is 18.3 Å². The SMILES string of the molecule is O=C(CN1CCC[C@H]1Cn1cccn1)N1CCN(c2ccc(F)cc2)CC1. The molecule has 2 saturated heterocycles. The van der Waals surface area contributed by atoms with Gasteiger partial charge in [-0.15, -0.1) is 0 Å². The molecule has 0 bridgehead atoms. The van der Waals surface area contributed by atoms with Gasteiger partial charge < -0.3 is 9.80 Å². The average Bonchev–Trinajstić information content (AvgIpc) is 3.35. The number of amides is 1. The summed E-state index contributed by atoms with van der Waals surface area (Å²) in [5, 5.41) is 4.29. The van der Waals surface area contributed by atoms with Crippen molar-refractivity contribution < 1.29 is 9.18 Å². The number of nitrogens with zero attached hydrogens (tertiary/aromatic N) is 5. The molecule has 144 valence electrons. The van der Waals surface area contributed by atoms with Crippen LogP contribution in [0.15, 0.2) is 42.7 Å². The molecule has 0 saturated carbocycles. The number of carbonyl (C=O) groups excluding carboxylic acids is 1. The predicted molar refractivity (Wildman–Crippen MR) is 102 cm³/mol. The molecule has 0 unspecified atom stereocenters. The molecule has 2 fully saturated rings. The first-order chi connectivity index (χ1) is 13.2. The molecule has 27 heavy (non-hydrogen) atoms. The van der Waals surface area contributed by atoms with Crippen LogP contribution >= 0.6 is 0 Å². The van der Waals surface area contributed by atoms with E-state index in [0.717, 1.165) is 44.7 Å². The van der Waals surface area contributed by atoms with Gasteiger partial charge in [-0.2, -0.15) is 5.10 Å². The Morgan fingerprint density at radius 3 is 2.59 bits per heavy atom. The number of aromatic nitrogens is 2. The Hall–Kier alpha value is -2.41. The molecule has 2 aliphatic rings. The monoisotopic (exact) mass is 371 g/mol. The normalized spacial score (nSPS) is 21.0. The first-order valence-electron chi connectivity index (χ1n) is 9.69. The highest BCUT2D eigenvalue weighted by molar-refractivity contribution is 5.78. The fourth-order valence-corrected chi connectivity index (χ4v) is 4.07. The third-order valence-electron chi connectivity index (χ3n) is 5.62. The number of hydrogen-bond acceptors (Lipinski definition) is 4. The molecule has 0 aliphatic carbocycles. The Balaban J connectivity index is 1.28. The van der Waals surface area contributed by atoms with Crippen molar-refractivity contribution in [2.24, 2.45) is 0 Å². The maximum atomic E-state index is 13.1. The molecule has 1 atom stereocenters. The van der Waals surface area contributed by atoms with Gasteiger partial charge in [0.15, 0.2) is 0 Å². The van der Waals surface area contributed by atoms with Gasteiger partial charge in [-0.05, 0) is 49.7 Å². The smallest absolute Gasteiger partial charge is 0.236 e. The summed E-state index contributed by atoms with van der Waals surface area (Å²) in [6, 6.07) is 8.90. The number of hydrogen-bond donors (Lipinski definition) is 0. The van der Waals surface area contributed by atoms with Crippen LogP contribution in [0.25, 0.3) is 0 Å². The van der Waals surface area contributed by atoms with E-state index in [-0.39, 0.29) is 11.7 Å². The second-order valence-electron chi connectivity index (χ2n) is 7.34. The van der Waals surface area contributed by atoms with Crippen molar-refractivity contribution in [1.29, 1.82) is 0 Å². The summed E-state index contributed by atoms with van der Waals surface area (Å²) in [6.07, 6.45) is 6.03. The fourth-order valence-electron chi connectivity index (χ4n) is 4.07. The Kier molecular flexibility index (Phi) is 5.38. The molecule has 1 amide bonds. The van der Waals surface area contributed by atoms with Crippen LogP contribution in [-0.2, 0) is 11.3 Å². The maximum Gasteiger partial charge on any atom is 0.236 e. The van der Waals surface area contributed by atoms with E-state index in [2.05, 4.69) is 14.9 Å². The topological polar surface area (TPSA) is 44.6 Å². The van der Waals surface area contributed by atoms with E-state index in [0.29, 0.717) is 25.7 Å². The molecule has 0 radical (unpaired) electrons. The minimum absolute atomic E-state index is 0.209. The first kappa shape index (κ1) is 18.0. The largest absolute Gasteiger partial charge is 0.368 e. The minimum Gasteiger partial charge on any atom is -0.368 e. The molecular weight excluding hydrogens is 345 g/mol. The summed E-state index contributed by atoms with van der Waals surface area (Å²) < 4.78 is 15.0. The van der Waals surface area contributed by atoms with Gasteiger partial charge in [0.05, 0.1) is 13.1 Å². The average molecular weight is 371 g/mol. The van der Waals surface area contributed by atoms with Gasteiger partial charge in [0, 0.05) is 50.3 Å². The molecule has 3 heterocycles. The zero-order chi connectivity index (χ0) is 18.6. The van der Waals surface area contributed by atoms with E-state index >= 15 is 0 Å². The van der Waals surface area contributed by atoms with E-state index in [9.17, 15) is 9.18 Å². The third-order valence-corrected chi connectivity index (χ3v) is 5.62. The molecule has 0 N–H and O–H groups in total. The van der Waals surface area contributed by atoms with Crippen LogP contribution in [0, 0.1) is 5.82 Å². The number of carbonyl (C=O) groups is 1. The second kappa shape index (κ2) is 8.08. The van der Waals surface area contributed by atoms with E-state index in [4.69, 9.17) is 0 Å². The minimum atomic E-state index is -0.220. The number of benzene rings is 1. The third kappa shape index (κ3) is 4.30. The maximum absolute atomic E-state index is 13.1. The second-order valence-corrected chi connectivity index (χ2v) is 7.34. The van der Waals surface area contributed by atoms with Crippen molar-refractivity contribution in [3.63, 3.8) is 0 Å². The van der Waals surface area contributed by atoms with E-state index < -0.39 is 0 Å². The van der Waals surface area contributed by atoms with Gasteiger partial charge in [-0.3, -0.25) is 14.4 Å². The molecule has 1 aromatic heterocycles. The highest BCUT2D eigenvalue weighted by Crippen LogP contribution is 2.20. The Labute approximate surface area is 159 Å². The van der Waals surface area contributed by atoms with Crippen molar-refractivity contribution in [3.05, 3.63) is 48.5 Å². The highest BCUT2D eigenvalue weighted by atomic mass is 19.1. The summed E-state index contributed by atoms with van der Waals surface area (Å²) in [6.45, 7) is 5.32. The summed E-state index contributed by atoms with van der Waals surface area (Å²) in [5.74, 6) is -0.0102. The van der Waals surface area contributed by atoms with Crippen LogP contribution in [0.5, 0.6) is 0 Å². The van der Waals surface area contributed by atoms with Gasteiger partial charge >= 0.3 is 0 Å². The predicted octanol–water partition coefficient (Wildman–Crippen LogP) is 1.84. The lowest BCUT2D eigenvalue weighted by Crippen LogP contribution is -2.52. The van der Waals surface area contributed by atoms with Gasteiger partial charge in [0.2, 0.25) is 5.91 Å². The van der Waals surface area contributed by atoms with E-state index in [1.165, 1.54) is 12.1 Å². The van der Waals surface area contributed by atoms with Crippen LogP contribution < -0.4 is 4.90 Å². The van der Waals surface area contributed by atoms with Gasteiger partial charge in [-0.1, -0.05) is 0 Å². The van der Waals surface area contributed by atoms with Crippen LogP contribution in [0.1, 0.15) is 12.8 Å². The molecule has 6 nitrogen and oxygen atoms in total. The fraction of sp³-hybridized carbons (Fsp3) is 0.500.